The summed E-state index contributed by atoms with van der Waals surface area (Å²) in [6.45, 7) is 7.55. The van der Waals surface area contributed by atoms with Gasteiger partial charge >= 0.3 is 0 Å². The van der Waals surface area contributed by atoms with Crippen molar-refractivity contribution in [2.45, 2.75) is 20.8 Å². The van der Waals surface area contributed by atoms with E-state index in [0.29, 0.717) is 5.92 Å². The molecule has 0 spiro atoms. The molecule has 1 atom stereocenters. The molecular weight excluding hydrogens is 122 g/mol. The first-order valence-electron chi connectivity index (χ1n) is 3.79. The van der Waals surface area contributed by atoms with E-state index < -0.39 is 0 Å². The minimum atomic E-state index is 0.661. The molecule has 1 aliphatic heterocycles. The Morgan fingerprint density at radius 1 is 1.50 bits per heavy atom. The Bertz CT molecular complexity index is 177. The van der Waals surface area contributed by atoms with E-state index >= 15 is 0 Å². The summed E-state index contributed by atoms with van der Waals surface area (Å²) < 4.78 is 0. The molecule has 0 saturated carbocycles. The van der Waals surface area contributed by atoms with E-state index in [0.717, 1.165) is 6.54 Å². The van der Waals surface area contributed by atoms with E-state index in [2.05, 4.69) is 38.2 Å². The number of nitrogens with one attached hydrogen (secondary N) is 1. The molecule has 0 fully saturated rings. The average Bonchev–Trinajstić information content (AvgIpc) is 1.93. The van der Waals surface area contributed by atoms with Crippen LogP contribution in [0, 0.1) is 5.92 Å². The normalized spacial score (nSPS) is 26.1. The average molecular weight is 137 g/mol. The van der Waals surface area contributed by atoms with Crippen LogP contribution in [0.15, 0.2) is 23.4 Å². The largest absolute Gasteiger partial charge is 0.388 e. The van der Waals surface area contributed by atoms with Gasteiger partial charge in [-0.1, -0.05) is 18.6 Å². The van der Waals surface area contributed by atoms with Gasteiger partial charge in [-0.05, 0) is 25.8 Å². The summed E-state index contributed by atoms with van der Waals surface area (Å²) in [7, 11) is 0. The van der Waals surface area contributed by atoms with E-state index in [1.54, 1.807) is 0 Å². The van der Waals surface area contributed by atoms with Gasteiger partial charge < -0.3 is 5.32 Å². The summed E-state index contributed by atoms with van der Waals surface area (Å²) in [5.41, 5.74) is 2.65. The Labute approximate surface area is 62.8 Å². The highest BCUT2D eigenvalue weighted by Gasteiger charge is 2.01. The van der Waals surface area contributed by atoms with Gasteiger partial charge in [0.25, 0.3) is 0 Å². The zero-order valence-electron chi connectivity index (χ0n) is 6.94. The van der Waals surface area contributed by atoms with Gasteiger partial charge in [0, 0.05) is 12.2 Å². The van der Waals surface area contributed by atoms with Crippen LogP contribution in [0.1, 0.15) is 20.8 Å². The van der Waals surface area contributed by atoms with Gasteiger partial charge in [0.1, 0.15) is 0 Å². The van der Waals surface area contributed by atoms with Crippen molar-refractivity contribution in [1.29, 1.82) is 0 Å². The lowest BCUT2D eigenvalue weighted by Crippen LogP contribution is -2.16. The lowest BCUT2D eigenvalue weighted by molar-refractivity contribution is 0.656. The summed E-state index contributed by atoms with van der Waals surface area (Å²) in [6, 6.07) is 0. The zero-order chi connectivity index (χ0) is 7.56. The monoisotopic (exact) mass is 137 g/mol. The van der Waals surface area contributed by atoms with Crippen molar-refractivity contribution in [3.05, 3.63) is 23.4 Å². The molecule has 1 heterocycles. The van der Waals surface area contributed by atoms with E-state index in [-0.39, 0.29) is 0 Å². The molecule has 0 aromatic heterocycles. The minimum absolute atomic E-state index is 0.661. The highest BCUT2D eigenvalue weighted by atomic mass is 14.9. The zero-order valence-corrected chi connectivity index (χ0v) is 6.94. The highest BCUT2D eigenvalue weighted by Crippen LogP contribution is 2.09. The molecular formula is C9H15N. The molecule has 0 radical (unpaired) electrons. The molecule has 1 N–H and O–H groups in total. The van der Waals surface area contributed by atoms with Gasteiger partial charge in [0.05, 0.1) is 0 Å². The molecule has 1 aliphatic rings. The highest BCUT2D eigenvalue weighted by molar-refractivity contribution is 5.22. The van der Waals surface area contributed by atoms with Crippen LogP contribution in [-0.2, 0) is 0 Å². The first-order chi connectivity index (χ1) is 4.68. The van der Waals surface area contributed by atoms with Crippen LogP contribution < -0.4 is 5.32 Å². The fraction of sp³-hybridized carbons (Fsp3) is 0.556. The van der Waals surface area contributed by atoms with Gasteiger partial charge in [-0.25, -0.2) is 0 Å². The van der Waals surface area contributed by atoms with Crippen LogP contribution in [0.2, 0.25) is 0 Å². The molecule has 0 amide bonds. The number of hydrogen-bond donors (Lipinski definition) is 1. The fourth-order valence-corrected chi connectivity index (χ4v) is 1.27. The van der Waals surface area contributed by atoms with E-state index in [4.69, 9.17) is 0 Å². The molecule has 0 aliphatic carbocycles. The van der Waals surface area contributed by atoms with Crippen molar-refractivity contribution in [1.82, 2.24) is 5.32 Å². The maximum atomic E-state index is 3.33. The Hall–Kier alpha value is -0.720. The smallest absolute Gasteiger partial charge is 0.0204 e. The third-order valence-corrected chi connectivity index (χ3v) is 1.69. The first kappa shape index (κ1) is 7.39. The third-order valence-electron chi connectivity index (χ3n) is 1.69. The summed E-state index contributed by atoms with van der Waals surface area (Å²) >= 11 is 0. The van der Waals surface area contributed by atoms with Gasteiger partial charge in [0.2, 0.25) is 0 Å². The summed E-state index contributed by atoms with van der Waals surface area (Å²) in [5, 5.41) is 3.33. The van der Waals surface area contributed by atoms with Gasteiger partial charge in [-0.15, -0.1) is 0 Å². The van der Waals surface area contributed by atoms with Crippen molar-refractivity contribution in [2.75, 3.05) is 6.54 Å². The Balaban J connectivity index is 2.72. The molecule has 1 heteroatoms. The number of rotatable bonds is 0. The molecule has 1 nitrogen and oxygen atoms in total. The van der Waals surface area contributed by atoms with Crippen molar-refractivity contribution < 1.29 is 0 Å². The predicted molar refractivity (Wildman–Crippen MR) is 44.7 cm³/mol. The number of allylic oxidation sites excluding steroid dienone is 3. The van der Waals surface area contributed by atoms with Crippen LogP contribution in [-0.4, -0.2) is 6.54 Å². The van der Waals surface area contributed by atoms with Crippen molar-refractivity contribution in [3.63, 3.8) is 0 Å². The topological polar surface area (TPSA) is 12.0 Å². The van der Waals surface area contributed by atoms with Crippen LogP contribution in [0.3, 0.4) is 0 Å². The summed E-state index contributed by atoms with van der Waals surface area (Å²) in [6.07, 6.45) is 4.48. The molecule has 0 saturated heterocycles. The van der Waals surface area contributed by atoms with Crippen LogP contribution in [0.4, 0.5) is 0 Å². The second-order valence-corrected chi connectivity index (χ2v) is 3.10. The SMILES string of the molecule is CC1=CC(C)CNC(C)=C1. The molecule has 0 aromatic rings. The lowest BCUT2D eigenvalue weighted by atomic mass is 10.1. The minimum Gasteiger partial charge on any atom is -0.388 e. The first-order valence-corrected chi connectivity index (χ1v) is 3.79. The van der Waals surface area contributed by atoms with Gasteiger partial charge in [0.15, 0.2) is 0 Å². The molecule has 0 bridgehead atoms. The predicted octanol–water partition coefficient (Wildman–Crippen LogP) is 2.08. The Morgan fingerprint density at radius 3 is 2.90 bits per heavy atom. The quantitative estimate of drug-likeness (QED) is 0.539. The fourth-order valence-electron chi connectivity index (χ4n) is 1.27. The molecule has 1 unspecified atom stereocenters. The van der Waals surface area contributed by atoms with Gasteiger partial charge in [-0.3, -0.25) is 0 Å². The lowest BCUT2D eigenvalue weighted by Gasteiger charge is -2.05. The second-order valence-electron chi connectivity index (χ2n) is 3.10. The summed E-state index contributed by atoms with van der Waals surface area (Å²) in [4.78, 5) is 0. The maximum Gasteiger partial charge on any atom is 0.0204 e. The standard InChI is InChI=1S/C9H15N/c1-7-4-8(2)6-10-9(3)5-7/h4-5,8,10H,6H2,1-3H3. The van der Waals surface area contributed by atoms with Crippen LogP contribution >= 0.6 is 0 Å². The summed E-state index contributed by atoms with van der Waals surface area (Å²) in [5.74, 6) is 0.661. The molecule has 56 valence electrons. The Morgan fingerprint density at radius 2 is 2.20 bits per heavy atom. The maximum absolute atomic E-state index is 3.33. The molecule has 0 aromatic carbocycles. The van der Waals surface area contributed by atoms with Crippen molar-refractivity contribution in [3.8, 4) is 0 Å². The van der Waals surface area contributed by atoms with Crippen molar-refractivity contribution in [2.24, 2.45) is 5.92 Å². The van der Waals surface area contributed by atoms with Crippen LogP contribution in [0.5, 0.6) is 0 Å². The van der Waals surface area contributed by atoms with Crippen LogP contribution in [0.25, 0.3) is 0 Å². The molecule has 1 rings (SSSR count). The van der Waals surface area contributed by atoms with E-state index in [1.807, 2.05) is 0 Å². The number of hydrogen-bond acceptors (Lipinski definition) is 1. The third kappa shape index (κ3) is 1.90. The second kappa shape index (κ2) is 2.91. The molecule has 10 heavy (non-hydrogen) atoms. The Kier molecular flexibility index (Phi) is 2.15. The van der Waals surface area contributed by atoms with Crippen molar-refractivity contribution >= 4 is 0 Å². The van der Waals surface area contributed by atoms with Gasteiger partial charge in [-0.2, -0.15) is 0 Å². The van der Waals surface area contributed by atoms with E-state index in [9.17, 15) is 0 Å². The van der Waals surface area contributed by atoms with E-state index in [1.165, 1.54) is 11.3 Å².